The van der Waals surface area contributed by atoms with Crippen LogP contribution in [0.5, 0.6) is 11.5 Å². The summed E-state index contributed by atoms with van der Waals surface area (Å²) >= 11 is 0. The van der Waals surface area contributed by atoms with E-state index in [9.17, 15) is 18.8 Å². The SMILES string of the molecule is CNC(=O)c1ccc2nccc(Oc3ccc(CC(=O)C4(C(=O)Cc5ccc(F)cc5)CC4)cc3)c2c1. The van der Waals surface area contributed by atoms with Gasteiger partial charge in [-0.15, -0.1) is 0 Å². The molecule has 6 nitrogen and oxygen atoms in total. The van der Waals surface area contributed by atoms with Crippen LogP contribution in [0.1, 0.15) is 34.3 Å². The Morgan fingerprint density at radius 2 is 1.51 bits per heavy atom. The van der Waals surface area contributed by atoms with E-state index in [2.05, 4.69) is 10.3 Å². The van der Waals surface area contributed by atoms with E-state index < -0.39 is 5.41 Å². The highest BCUT2D eigenvalue weighted by molar-refractivity contribution is 6.11. The molecule has 1 aromatic heterocycles. The molecule has 5 rings (SSSR count). The van der Waals surface area contributed by atoms with Crippen molar-refractivity contribution in [3.63, 3.8) is 0 Å². The van der Waals surface area contributed by atoms with Gasteiger partial charge in [-0.3, -0.25) is 19.4 Å². The molecule has 0 spiro atoms. The van der Waals surface area contributed by atoms with Gasteiger partial charge in [0.2, 0.25) is 0 Å². The third-order valence-corrected chi connectivity index (χ3v) is 6.80. The van der Waals surface area contributed by atoms with Gasteiger partial charge >= 0.3 is 0 Å². The molecule has 0 unspecified atom stereocenters. The number of carbonyl (C=O) groups is 3. The summed E-state index contributed by atoms with van der Waals surface area (Å²) in [7, 11) is 1.58. The summed E-state index contributed by atoms with van der Waals surface area (Å²) in [4.78, 5) is 42.3. The monoisotopic (exact) mass is 496 g/mol. The fourth-order valence-electron chi connectivity index (χ4n) is 4.45. The number of benzene rings is 3. The first-order chi connectivity index (χ1) is 17.9. The number of rotatable bonds is 9. The molecule has 0 aliphatic heterocycles. The fourth-order valence-corrected chi connectivity index (χ4v) is 4.45. The van der Waals surface area contributed by atoms with E-state index >= 15 is 0 Å². The number of nitrogens with zero attached hydrogens (tertiary/aromatic N) is 1. The first-order valence-corrected chi connectivity index (χ1v) is 12.1. The Bertz CT molecular complexity index is 1490. The summed E-state index contributed by atoms with van der Waals surface area (Å²) in [6, 6.07) is 19.9. The molecule has 0 atom stereocenters. The Balaban J connectivity index is 1.27. The molecule has 7 heteroatoms. The van der Waals surface area contributed by atoms with Crippen molar-refractivity contribution in [3.05, 3.63) is 102 Å². The Morgan fingerprint density at radius 3 is 2.11 bits per heavy atom. The topological polar surface area (TPSA) is 85.4 Å². The van der Waals surface area contributed by atoms with Gasteiger partial charge < -0.3 is 10.1 Å². The first-order valence-electron chi connectivity index (χ1n) is 12.1. The quantitative estimate of drug-likeness (QED) is 0.321. The van der Waals surface area contributed by atoms with Crippen LogP contribution in [-0.4, -0.2) is 29.5 Å². The Kier molecular flexibility index (Phi) is 6.53. The standard InChI is InChI=1S/C30H25FN2O4/c1-32-29(36)21-6-11-25-24(18-21)26(12-15-33-25)37-23-9-4-20(5-10-23)17-28(35)30(13-14-30)27(34)16-19-2-7-22(31)8-3-19/h2-12,15,18H,13-14,16-17H2,1H3,(H,32,36). The maximum atomic E-state index is 13.2. The lowest BCUT2D eigenvalue weighted by Gasteiger charge is -2.14. The lowest BCUT2D eigenvalue weighted by molar-refractivity contribution is -0.133. The van der Waals surface area contributed by atoms with Crippen LogP contribution >= 0.6 is 0 Å². The molecule has 1 aliphatic carbocycles. The van der Waals surface area contributed by atoms with Gasteiger partial charge in [0.1, 0.15) is 17.3 Å². The molecule has 1 heterocycles. The highest BCUT2D eigenvalue weighted by Crippen LogP contribution is 2.48. The number of amides is 1. The minimum Gasteiger partial charge on any atom is -0.457 e. The molecular formula is C30H25FN2O4. The van der Waals surface area contributed by atoms with Crippen molar-refractivity contribution in [3.8, 4) is 11.5 Å². The molecule has 0 bridgehead atoms. The number of pyridine rings is 1. The second kappa shape index (κ2) is 9.93. The number of fused-ring (bicyclic) bond motifs is 1. The van der Waals surface area contributed by atoms with Crippen molar-refractivity contribution >= 4 is 28.4 Å². The van der Waals surface area contributed by atoms with Gasteiger partial charge in [0, 0.05) is 37.0 Å². The minimum atomic E-state index is -0.929. The predicted octanol–water partition coefficient (Wildman–Crippen LogP) is 5.23. The molecule has 1 aliphatic rings. The zero-order chi connectivity index (χ0) is 26.0. The number of ether oxygens (including phenoxy) is 1. The molecule has 1 amide bonds. The number of aromatic nitrogens is 1. The molecule has 1 fully saturated rings. The summed E-state index contributed by atoms with van der Waals surface area (Å²) in [5, 5.41) is 3.32. The number of halogens is 1. The summed E-state index contributed by atoms with van der Waals surface area (Å²) < 4.78 is 19.2. The van der Waals surface area contributed by atoms with Crippen LogP contribution in [0.3, 0.4) is 0 Å². The number of ketones is 2. The zero-order valence-corrected chi connectivity index (χ0v) is 20.3. The van der Waals surface area contributed by atoms with Crippen LogP contribution < -0.4 is 10.1 Å². The van der Waals surface area contributed by atoms with Crippen molar-refractivity contribution in [2.24, 2.45) is 5.41 Å². The van der Waals surface area contributed by atoms with E-state index in [0.717, 1.165) is 5.56 Å². The third-order valence-electron chi connectivity index (χ3n) is 6.80. The second-order valence-corrected chi connectivity index (χ2v) is 9.27. The number of hydrogen-bond donors (Lipinski definition) is 1. The molecule has 0 saturated heterocycles. The maximum absolute atomic E-state index is 13.2. The van der Waals surface area contributed by atoms with Crippen molar-refractivity contribution in [2.75, 3.05) is 7.05 Å². The van der Waals surface area contributed by atoms with E-state index in [0.29, 0.717) is 46.4 Å². The molecule has 186 valence electrons. The van der Waals surface area contributed by atoms with E-state index in [1.165, 1.54) is 12.1 Å². The Morgan fingerprint density at radius 1 is 0.892 bits per heavy atom. The van der Waals surface area contributed by atoms with Crippen molar-refractivity contribution < 1.29 is 23.5 Å². The smallest absolute Gasteiger partial charge is 0.251 e. The average Bonchev–Trinajstić information content (AvgIpc) is 3.73. The maximum Gasteiger partial charge on any atom is 0.251 e. The molecule has 4 aromatic rings. The van der Waals surface area contributed by atoms with Crippen molar-refractivity contribution in [1.82, 2.24) is 10.3 Å². The van der Waals surface area contributed by atoms with Gasteiger partial charge in [0.25, 0.3) is 5.91 Å². The summed E-state index contributed by atoms with van der Waals surface area (Å²) in [6.45, 7) is 0. The fraction of sp³-hybridized carbons (Fsp3) is 0.200. The van der Waals surface area contributed by atoms with Gasteiger partial charge in [0.15, 0.2) is 11.6 Å². The first kappa shape index (κ1) is 24.3. The Hall–Kier alpha value is -4.39. The van der Waals surface area contributed by atoms with Gasteiger partial charge in [-0.25, -0.2) is 4.39 Å². The highest BCUT2D eigenvalue weighted by Gasteiger charge is 2.54. The lowest BCUT2D eigenvalue weighted by Crippen LogP contribution is -2.28. The molecule has 37 heavy (non-hydrogen) atoms. The number of Topliss-reactive ketones (excluding diaryl/α,β-unsaturated/α-hetero) is 2. The van der Waals surface area contributed by atoms with Crippen molar-refractivity contribution in [2.45, 2.75) is 25.7 Å². The summed E-state index contributed by atoms with van der Waals surface area (Å²) in [5.74, 6) is 0.382. The molecular weight excluding hydrogens is 471 g/mol. The van der Waals surface area contributed by atoms with E-state index in [4.69, 9.17) is 4.74 Å². The second-order valence-electron chi connectivity index (χ2n) is 9.27. The van der Waals surface area contributed by atoms with Gasteiger partial charge in [-0.2, -0.15) is 0 Å². The highest BCUT2D eigenvalue weighted by atomic mass is 19.1. The zero-order valence-electron chi connectivity index (χ0n) is 20.3. The van der Waals surface area contributed by atoms with Crippen LogP contribution in [0.25, 0.3) is 10.9 Å². The van der Waals surface area contributed by atoms with Crippen molar-refractivity contribution in [1.29, 1.82) is 0 Å². The van der Waals surface area contributed by atoms with Crippen LogP contribution in [0.15, 0.2) is 79.0 Å². The van der Waals surface area contributed by atoms with Crippen LogP contribution in [-0.2, 0) is 22.4 Å². The van der Waals surface area contributed by atoms with Crippen LogP contribution in [0.4, 0.5) is 4.39 Å². The molecule has 3 aromatic carbocycles. The molecule has 1 saturated carbocycles. The average molecular weight is 497 g/mol. The van der Waals surface area contributed by atoms with Crippen LogP contribution in [0, 0.1) is 11.2 Å². The third kappa shape index (κ3) is 5.11. The number of carbonyl (C=O) groups excluding carboxylic acids is 3. The van der Waals surface area contributed by atoms with E-state index in [-0.39, 0.29) is 36.1 Å². The summed E-state index contributed by atoms with van der Waals surface area (Å²) in [6.07, 6.45) is 3.03. The van der Waals surface area contributed by atoms with Gasteiger partial charge in [-0.05, 0) is 72.5 Å². The van der Waals surface area contributed by atoms with Gasteiger partial charge in [0.05, 0.1) is 10.9 Å². The lowest BCUT2D eigenvalue weighted by atomic mass is 9.88. The Labute approximate surface area is 213 Å². The largest absolute Gasteiger partial charge is 0.457 e. The minimum absolute atomic E-state index is 0.0878. The molecule has 0 radical (unpaired) electrons. The molecule has 1 N–H and O–H groups in total. The van der Waals surface area contributed by atoms with E-state index in [1.54, 1.807) is 61.8 Å². The van der Waals surface area contributed by atoms with E-state index in [1.807, 2.05) is 12.1 Å². The number of hydrogen-bond acceptors (Lipinski definition) is 5. The number of nitrogens with one attached hydrogen (secondary N) is 1. The summed E-state index contributed by atoms with van der Waals surface area (Å²) in [5.41, 5.74) is 1.77. The normalized spacial score (nSPS) is 13.7. The predicted molar refractivity (Wildman–Crippen MR) is 137 cm³/mol. The van der Waals surface area contributed by atoms with Gasteiger partial charge in [-0.1, -0.05) is 24.3 Å². The van der Waals surface area contributed by atoms with Crippen LogP contribution in [0.2, 0.25) is 0 Å².